The van der Waals surface area contributed by atoms with Gasteiger partial charge >= 0.3 is 0 Å². The molecular formula is C23H19N3OS2. The molecule has 29 heavy (non-hydrogen) atoms. The minimum absolute atomic E-state index is 0.0772. The van der Waals surface area contributed by atoms with Crippen molar-refractivity contribution in [3.8, 4) is 0 Å². The van der Waals surface area contributed by atoms with Crippen LogP contribution in [0.2, 0.25) is 0 Å². The molecule has 2 aromatic carbocycles. The fraction of sp³-hybridized carbons (Fsp3) is 0.0870. The Kier molecular flexibility index (Phi) is 6.03. The number of amides is 1. The molecule has 4 rings (SSSR count). The minimum atomic E-state index is -0.0772. The third-order valence-electron chi connectivity index (χ3n) is 4.33. The lowest BCUT2D eigenvalue weighted by Gasteiger charge is -2.04. The molecule has 2 aromatic heterocycles. The van der Waals surface area contributed by atoms with Gasteiger partial charge in [-0.2, -0.15) is 0 Å². The van der Waals surface area contributed by atoms with E-state index in [0.717, 1.165) is 11.4 Å². The number of carbonyl (C=O) groups is 1. The van der Waals surface area contributed by atoms with Gasteiger partial charge in [0.1, 0.15) is 0 Å². The predicted molar refractivity (Wildman–Crippen MR) is 123 cm³/mol. The smallest absolute Gasteiger partial charge is 0.234 e. The molecule has 0 saturated carbocycles. The van der Waals surface area contributed by atoms with Crippen LogP contribution in [0.4, 0.5) is 5.69 Å². The van der Waals surface area contributed by atoms with Gasteiger partial charge in [-0.15, -0.1) is 11.3 Å². The van der Waals surface area contributed by atoms with Crippen LogP contribution in [0.1, 0.15) is 16.1 Å². The number of fused-ring (bicyclic) bond motifs is 1. The standard InChI is InChI=1S/C23H19N3OS2/c1-16-19-9-5-6-10-21(19)29-20(16)12-11-18-13-14-24-23(26-18)28-15-22(27)25-17-7-3-2-4-8-17/h2-14H,15H2,1H3,(H,25,27)/b12-11+. The molecule has 0 unspecified atom stereocenters. The van der Waals surface area contributed by atoms with Crippen LogP contribution in [0.5, 0.6) is 0 Å². The molecule has 1 amide bonds. The van der Waals surface area contributed by atoms with Crippen LogP contribution in [0, 0.1) is 6.92 Å². The lowest BCUT2D eigenvalue weighted by Crippen LogP contribution is -2.14. The van der Waals surface area contributed by atoms with Crippen LogP contribution < -0.4 is 5.32 Å². The highest BCUT2D eigenvalue weighted by atomic mass is 32.2. The number of nitrogens with zero attached hydrogens (tertiary/aromatic N) is 2. The molecule has 4 aromatic rings. The number of para-hydroxylation sites is 1. The molecule has 1 N–H and O–H groups in total. The highest BCUT2D eigenvalue weighted by Gasteiger charge is 2.07. The summed E-state index contributed by atoms with van der Waals surface area (Å²) in [5, 5.41) is 4.74. The maximum absolute atomic E-state index is 12.1. The fourth-order valence-electron chi connectivity index (χ4n) is 2.88. The van der Waals surface area contributed by atoms with E-state index >= 15 is 0 Å². The Hall–Kier alpha value is -2.96. The number of nitrogens with one attached hydrogen (secondary N) is 1. The molecule has 144 valence electrons. The van der Waals surface area contributed by atoms with E-state index in [4.69, 9.17) is 0 Å². The monoisotopic (exact) mass is 417 g/mol. The van der Waals surface area contributed by atoms with Gasteiger partial charge in [-0.05, 0) is 54.3 Å². The van der Waals surface area contributed by atoms with Crippen LogP contribution in [-0.2, 0) is 4.79 Å². The van der Waals surface area contributed by atoms with E-state index in [2.05, 4.69) is 52.5 Å². The van der Waals surface area contributed by atoms with Gasteiger partial charge in [-0.1, -0.05) is 48.2 Å². The molecule has 0 fully saturated rings. The second-order valence-electron chi connectivity index (χ2n) is 6.39. The Morgan fingerprint density at radius 3 is 2.69 bits per heavy atom. The maximum Gasteiger partial charge on any atom is 0.234 e. The minimum Gasteiger partial charge on any atom is -0.325 e. The first-order valence-corrected chi connectivity index (χ1v) is 11.0. The van der Waals surface area contributed by atoms with Gasteiger partial charge in [0.2, 0.25) is 5.91 Å². The van der Waals surface area contributed by atoms with Gasteiger partial charge in [-0.3, -0.25) is 4.79 Å². The second kappa shape index (κ2) is 9.03. The molecule has 0 radical (unpaired) electrons. The van der Waals surface area contributed by atoms with Gasteiger partial charge in [0.25, 0.3) is 0 Å². The summed E-state index contributed by atoms with van der Waals surface area (Å²) >= 11 is 3.10. The summed E-state index contributed by atoms with van der Waals surface area (Å²) in [4.78, 5) is 22.1. The van der Waals surface area contributed by atoms with Crippen molar-refractivity contribution in [2.24, 2.45) is 0 Å². The molecular weight excluding hydrogens is 398 g/mol. The van der Waals surface area contributed by atoms with E-state index in [1.165, 1.54) is 32.3 Å². The zero-order valence-corrected chi connectivity index (χ0v) is 17.5. The molecule has 0 aliphatic carbocycles. The molecule has 4 nitrogen and oxygen atoms in total. The Bertz CT molecular complexity index is 1170. The van der Waals surface area contributed by atoms with Gasteiger partial charge in [0.15, 0.2) is 5.16 Å². The van der Waals surface area contributed by atoms with Crippen molar-refractivity contribution >= 4 is 56.9 Å². The number of carbonyl (C=O) groups excluding carboxylic acids is 1. The van der Waals surface area contributed by atoms with Crippen molar-refractivity contribution in [1.29, 1.82) is 0 Å². The average Bonchev–Trinajstić information content (AvgIpc) is 3.08. The number of thioether (sulfide) groups is 1. The molecule has 0 bridgehead atoms. The third kappa shape index (κ3) is 4.91. The summed E-state index contributed by atoms with van der Waals surface area (Å²) in [6.45, 7) is 2.14. The SMILES string of the molecule is Cc1c(/C=C/c2ccnc(SCC(=O)Nc3ccccc3)n2)sc2ccccc12. The van der Waals surface area contributed by atoms with Crippen molar-refractivity contribution in [3.63, 3.8) is 0 Å². The molecule has 0 aliphatic rings. The van der Waals surface area contributed by atoms with E-state index < -0.39 is 0 Å². The maximum atomic E-state index is 12.1. The number of anilines is 1. The number of hydrogen-bond donors (Lipinski definition) is 1. The normalized spacial score (nSPS) is 11.2. The van der Waals surface area contributed by atoms with E-state index in [1.807, 2.05) is 42.5 Å². The Labute approximate surface area is 177 Å². The Balaban J connectivity index is 1.41. The lowest BCUT2D eigenvalue weighted by molar-refractivity contribution is -0.113. The Morgan fingerprint density at radius 2 is 1.86 bits per heavy atom. The van der Waals surface area contributed by atoms with Crippen LogP contribution in [0.25, 0.3) is 22.2 Å². The van der Waals surface area contributed by atoms with Gasteiger partial charge in [-0.25, -0.2) is 9.97 Å². The van der Waals surface area contributed by atoms with Crippen LogP contribution >= 0.6 is 23.1 Å². The number of thiophene rings is 1. The van der Waals surface area contributed by atoms with E-state index in [1.54, 1.807) is 17.5 Å². The molecule has 0 atom stereocenters. The fourth-order valence-corrected chi connectivity index (χ4v) is 4.63. The lowest BCUT2D eigenvalue weighted by atomic mass is 10.1. The largest absolute Gasteiger partial charge is 0.325 e. The summed E-state index contributed by atoms with van der Waals surface area (Å²) in [5.41, 5.74) is 2.89. The van der Waals surface area contributed by atoms with Crippen molar-refractivity contribution < 1.29 is 4.79 Å². The first-order chi connectivity index (χ1) is 14.2. The summed E-state index contributed by atoms with van der Waals surface area (Å²) in [7, 11) is 0. The predicted octanol–water partition coefficient (Wildman–Crippen LogP) is 5.90. The molecule has 0 aliphatic heterocycles. The van der Waals surface area contributed by atoms with Crippen molar-refractivity contribution in [2.75, 3.05) is 11.1 Å². The van der Waals surface area contributed by atoms with Gasteiger partial charge in [0, 0.05) is 21.5 Å². The molecule has 6 heteroatoms. The highest BCUT2D eigenvalue weighted by Crippen LogP contribution is 2.31. The second-order valence-corrected chi connectivity index (χ2v) is 8.41. The summed E-state index contributed by atoms with van der Waals surface area (Å²) in [6.07, 6.45) is 5.81. The molecule has 2 heterocycles. The Morgan fingerprint density at radius 1 is 1.07 bits per heavy atom. The first-order valence-electron chi connectivity index (χ1n) is 9.16. The number of rotatable bonds is 6. The van der Waals surface area contributed by atoms with Crippen LogP contribution in [0.3, 0.4) is 0 Å². The summed E-state index contributed by atoms with van der Waals surface area (Å²) < 4.78 is 1.29. The van der Waals surface area contributed by atoms with E-state index in [-0.39, 0.29) is 11.7 Å². The van der Waals surface area contributed by atoms with Crippen molar-refractivity contribution in [2.45, 2.75) is 12.1 Å². The van der Waals surface area contributed by atoms with Gasteiger partial charge in [0.05, 0.1) is 11.4 Å². The number of aryl methyl sites for hydroxylation is 1. The van der Waals surface area contributed by atoms with Crippen molar-refractivity contribution in [3.05, 3.63) is 83.0 Å². The van der Waals surface area contributed by atoms with Crippen molar-refractivity contribution in [1.82, 2.24) is 9.97 Å². The van der Waals surface area contributed by atoms with Crippen LogP contribution in [0.15, 0.2) is 72.0 Å². The summed E-state index contributed by atoms with van der Waals surface area (Å²) in [6, 6.07) is 19.7. The zero-order valence-electron chi connectivity index (χ0n) is 15.8. The summed E-state index contributed by atoms with van der Waals surface area (Å²) in [5.74, 6) is 0.184. The average molecular weight is 418 g/mol. The van der Waals surface area contributed by atoms with E-state index in [9.17, 15) is 4.79 Å². The number of hydrogen-bond acceptors (Lipinski definition) is 5. The van der Waals surface area contributed by atoms with Gasteiger partial charge < -0.3 is 5.32 Å². The topological polar surface area (TPSA) is 54.9 Å². The first kappa shape index (κ1) is 19.4. The quantitative estimate of drug-likeness (QED) is 0.313. The zero-order chi connectivity index (χ0) is 20.1. The third-order valence-corrected chi connectivity index (χ3v) is 6.43. The molecule has 0 saturated heterocycles. The van der Waals surface area contributed by atoms with E-state index in [0.29, 0.717) is 5.16 Å². The number of benzene rings is 2. The highest BCUT2D eigenvalue weighted by molar-refractivity contribution is 7.99. The number of aromatic nitrogens is 2. The molecule has 0 spiro atoms. The van der Waals surface area contributed by atoms with Crippen LogP contribution in [-0.4, -0.2) is 21.6 Å².